The number of imidazole rings is 1. The van der Waals surface area contributed by atoms with Gasteiger partial charge in [-0.05, 0) is 18.3 Å². The summed E-state index contributed by atoms with van der Waals surface area (Å²) in [4.78, 5) is 3.14. The maximum absolute atomic E-state index is 5.47. The Morgan fingerprint density at radius 1 is 1.05 bits per heavy atom. The van der Waals surface area contributed by atoms with E-state index in [1.165, 1.54) is 0 Å². The number of aromatic amines is 1. The molecule has 0 saturated heterocycles. The van der Waals surface area contributed by atoms with Gasteiger partial charge in [-0.1, -0.05) is 48.5 Å². The molecule has 4 heteroatoms. The zero-order chi connectivity index (χ0) is 14.7. The van der Waals surface area contributed by atoms with Crippen LogP contribution in [0.3, 0.4) is 0 Å². The lowest BCUT2D eigenvalue weighted by molar-refractivity contribution is 0.185. The number of methoxy groups -OCH3 is 1. The third-order valence-corrected chi connectivity index (χ3v) is 3.68. The van der Waals surface area contributed by atoms with E-state index in [1.54, 1.807) is 7.11 Å². The average molecular weight is 296 g/mol. The molecule has 1 heterocycles. The molecule has 0 fully saturated rings. The Bertz CT molecular complexity index is 790. The van der Waals surface area contributed by atoms with Crippen molar-refractivity contribution in [2.75, 3.05) is 7.11 Å². The van der Waals surface area contributed by atoms with Crippen LogP contribution in [-0.2, 0) is 11.3 Å². The van der Waals surface area contributed by atoms with Gasteiger partial charge in [0.2, 0.25) is 0 Å². The van der Waals surface area contributed by atoms with E-state index in [2.05, 4.69) is 33.8 Å². The molecule has 21 heavy (non-hydrogen) atoms. The summed E-state index contributed by atoms with van der Waals surface area (Å²) >= 11 is 5.47. The largest absolute Gasteiger partial charge is 0.380 e. The number of hydrogen-bond donors (Lipinski definition) is 1. The lowest BCUT2D eigenvalue weighted by Gasteiger charge is -2.13. The van der Waals surface area contributed by atoms with Gasteiger partial charge in [0.15, 0.2) is 4.77 Å². The van der Waals surface area contributed by atoms with E-state index >= 15 is 0 Å². The standard InChI is InChI=1S/C17H16N2OS/c1-20-12-14-9-5-6-10-15(14)19-16(11-18-17(19)21)13-7-3-2-4-8-13/h2-11H,12H2,1H3,(H,18,21). The van der Waals surface area contributed by atoms with Crippen LogP contribution in [0.15, 0.2) is 60.8 Å². The number of aromatic nitrogens is 2. The summed E-state index contributed by atoms with van der Waals surface area (Å²) in [6.07, 6.45) is 1.95. The minimum absolute atomic E-state index is 0.553. The van der Waals surface area contributed by atoms with Gasteiger partial charge in [0.1, 0.15) is 0 Å². The van der Waals surface area contributed by atoms with E-state index in [9.17, 15) is 0 Å². The van der Waals surface area contributed by atoms with Crippen LogP contribution in [0.4, 0.5) is 0 Å². The first-order valence-corrected chi connectivity index (χ1v) is 7.15. The van der Waals surface area contributed by atoms with E-state index in [4.69, 9.17) is 17.0 Å². The van der Waals surface area contributed by atoms with Gasteiger partial charge in [-0.2, -0.15) is 0 Å². The van der Waals surface area contributed by atoms with Crippen molar-refractivity contribution in [2.45, 2.75) is 6.61 Å². The Morgan fingerprint density at radius 3 is 2.52 bits per heavy atom. The molecule has 0 atom stereocenters. The van der Waals surface area contributed by atoms with Crippen LogP contribution >= 0.6 is 12.2 Å². The Labute approximate surface area is 128 Å². The Balaban J connectivity index is 2.20. The molecule has 3 rings (SSSR count). The Hall–Kier alpha value is -2.17. The molecule has 106 valence electrons. The van der Waals surface area contributed by atoms with Gasteiger partial charge >= 0.3 is 0 Å². The quantitative estimate of drug-likeness (QED) is 0.725. The predicted molar refractivity (Wildman–Crippen MR) is 87.1 cm³/mol. The van der Waals surface area contributed by atoms with Crippen molar-refractivity contribution in [3.63, 3.8) is 0 Å². The van der Waals surface area contributed by atoms with Crippen LogP contribution in [0.5, 0.6) is 0 Å². The molecule has 2 aromatic carbocycles. The maximum Gasteiger partial charge on any atom is 0.182 e. The minimum atomic E-state index is 0.553. The van der Waals surface area contributed by atoms with E-state index in [0.717, 1.165) is 22.5 Å². The Kier molecular flexibility index (Phi) is 3.99. The van der Waals surface area contributed by atoms with Gasteiger partial charge in [-0.3, -0.25) is 4.57 Å². The van der Waals surface area contributed by atoms with Gasteiger partial charge in [0.25, 0.3) is 0 Å². The fourth-order valence-electron chi connectivity index (χ4n) is 2.44. The summed E-state index contributed by atoms with van der Waals surface area (Å²) in [5.74, 6) is 0. The molecule has 0 aliphatic rings. The SMILES string of the molecule is COCc1ccccc1-n1c(-c2ccccc2)c[nH]c1=S. The van der Waals surface area contributed by atoms with Crippen LogP contribution in [-0.4, -0.2) is 16.7 Å². The molecule has 1 N–H and O–H groups in total. The van der Waals surface area contributed by atoms with Crippen molar-refractivity contribution in [1.29, 1.82) is 0 Å². The van der Waals surface area contributed by atoms with Crippen molar-refractivity contribution >= 4 is 12.2 Å². The molecular formula is C17H16N2OS. The molecule has 0 aliphatic carbocycles. The minimum Gasteiger partial charge on any atom is -0.380 e. The normalized spacial score (nSPS) is 10.7. The summed E-state index contributed by atoms with van der Waals surface area (Å²) in [6.45, 7) is 0.553. The van der Waals surface area contributed by atoms with Crippen molar-refractivity contribution in [2.24, 2.45) is 0 Å². The summed E-state index contributed by atoms with van der Waals surface area (Å²) in [7, 11) is 1.70. The molecule has 0 aliphatic heterocycles. The highest BCUT2D eigenvalue weighted by Crippen LogP contribution is 2.25. The van der Waals surface area contributed by atoms with Gasteiger partial charge in [0, 0.05) is 24.4 Å². The molecule has 3 aromatic rings. The first-order chi connectivity index (χ1) is 10.3. The highest BCUT2D eigenvalue weighted by atomic mass is 32.1. The molecule has 0 bridgehead atoms. The summed E-state index contributed by atoms with van der Waals surface area (Å²) in [6, 6.07) is 18.4. The van der Waals surface area contributed by atoms with Gasteiger partial charge < -0.3 is 9.72 Å². The second-order valence-electron chi connectivity index (χ2n) is 4.74. The highest BCUT2D eigenvalue weighted by Gasteiger charge is 2.11. The maximum atomic E-state index is 5.47. The zero-order valence-corrected chi connectivity index (χ0v) is 12.6. The number of ether oxygens (including phenoxy) is 1. The number of hydrogen-bond acceptors (Lipinski definition) is 2. The third-order valence-electron chi connectivity index (χ3n) is 3.38. The van der Waals surface area contributed by atoms with E-state index in [-0.39, 0.29) is 0 Å². The number of para-hydroxylation sites is 1. The van der Waals surface area contributed by atoms with E-state index in [1.807, 2.05) is 36.5 Å². The number of nitrogens with zero attached hydrogens (tertiary/aromatic N) is 1. The van der Waals surface area contributed by atoms with Crippen LogP contribution in [0.2, 0.25) is 0 Å². The lowest BCUT2D eigenvalue weighted by Crippen LogP contribution is -2.02. The highest BCUT2D eigenvalue weighted by molar-refractivity contribution is 7.71. The number of benzene rings is 2. The fraction of sp³-hybridized carbons (Fsp3) is 0.118. The first-order valence-electron chi connectivity index (χ1n) is 6.74. The van der Waals surface area contributed by atoms with Gasteiger partial charge in [0.05, 0.1) is 18.0 Å². The molecule has 0 saturated carbocycles. The van der Waals surface area contributed by atoms with Gasteiger partial charge in [-0.15, -0.1) is 0 Å². The van der Waals surface area contributed by atoms with Crippen molar-refractivity contribution < 1.29 is 4.74 Å². The van der Waals surface area contributed by atoms with Crippen LogP contribution in [0.1, 0.15) is 5.56 Å². The molecule has 0 spiro atoms. The van der Waals surface area contributed by atoms with Crippen molar-refractivity contribution in [3.05, 3.63) is 71.1 Å². The molecule has 0 radical (unpaired) electrons. The average Bonchev–Trinajstić information content (AvgIpc) is 2.91. The smallest absolute Gasteiger partial charge is 0.182 e. The number of rotatable bonds is 4. The van der Waals surface area contributed by atoms with Crippen molar-refractivity contribution in [3.8, 4) is 16.9 Å². The lowest BCUT2D eigenvalue weighted by atomic mass is 10.1. The van der Waals surface area contributed by atoms with E-state index < -0.39 is 0 Å². The fourth-order valence-corrected chi connectivity index (χ4v) is 2.69. The second-order valence-corrected chi connectivity index (χ2v) is 5.13. The molecular weight excluding hydrogens is 280 g/mol. The van der Waals surface area contributed by atoms with Crippen LogP contribution in [0.25, 0.3) is 16.9 Å². The number of H-pyrrole nitrogens is 1. The topological polar surface area (TPSA) is 29.9 Å². The first kappa shape index (κ1) is 13.8. The second kappa shape index (κ2) is 6.08. The molecule has 3 nitrogen and oxygen atoms in total. The predicted octanol–water partition coefficient (Wildman–Crippen LogP) is 4.35. The molecule has 0 unspecified atom stereocenters. The summed E-state index contributed by atoms with van der Waals surface area (Å²) in [5.41, 5.74) is 4.32. The molecule has 0 amide bonds. The third kappa shape index (κ3) is 2.68. The van der Waals surface area contributed by atoms with Crippen LogP contribution in [0, 0.1) is 4.77 Å². The monoisotopic (exact) mass is 296 g/mol. The van der Waals surface area contributed by atoms with Crippen molar-refractivity contribution in [1.82, 2.24) is 9.55 Å². The zero-order valence-electron chi connectivity index (χ0n) is 11.7. The van der Waals surface area contributed by atoms with Gasteiger partial charge in [-0.25, -0.2) is 0 Å². The Morgan fingerprint density at radius 2 is 1.76 bits per heavy atom. The molecule has 1 aromatic heterocycles. The van der Waals surface area contributed by atoms with E-state index in [0.29, 0.717) is 11.4 Å². The number of nitrogens with one attached hydrogen (secondary N) is 1. The summed E-state index contributed by atoms with van der Waals surface area (Å²) < 4.78 is 8.03. The van der Waals surface area contributed by atoms with Crippen LogP contribution < -0.4 is 0 Å². The summed E-state index contributed by atoms with van der Waals surface area (Å²) in [5, 5.41) is 0.